The number of para-hydroxylation sites is 1. The van der Waals surface area contributed by atoms with E-state index in [-0.39, 0.29) is 18.6 Å². The molecule has 1 saturated heterocycles. The number of ether oxygens (including phenoxy) is 2. The third kappa shape index (κ3) is 6.09. The lowest BCUT2D eigenvalue weighted by Gasteiger charge is -2.43. The van der Waals surface area contributed by atoms with Gasteiger partial charge in [-0.2, -0.15) is 0 Å². The minimum absolute atomic E-state index is 0.00151. The number of β-amino-alcohol motifs (C(OH)–C–C–N with tert-alkyl or cyclic N) is 1. The second kappa shape index (κ2) is 11.5. The van der Waals surface area contributed by atoms with E-state index in [4.69, 9.17) is 9.47 Å². The molecule has 0 aliphatic carbocycles. The van der Waals surface area contributed by atoms with Crippen LogP contribution in [0, 0.1) is 19.8 Å². The quantitative estimate of drug-likeness (QED) is 0.555. The molecule has 0 saturated carbocycles. The number of amides is 1. The minimum Gasteiger partial charge on any atom is -0.462 e. The first kappa shape index (κ1) is 26.2. The van der Waals surface area contributed by atoms with Gasteiger partial charge in [-0.05, 0) is 50.8 Å². The Morgan fingerprint density at radius 1 is 1.03 bits per heavy atom. The Hall–Kier alpha value is -2.87. The van der Waals surface area contributed by atoms with Crippen molar-refractivity contribution in [3.63, 3.8) is 0 Å². The summed E-state index contributed by atoms with van der Waals surface area (Å²) in [5.74, 6) is 0.531. The standard InChI is InChI=1S/C29H39N3O4/c1-21-9-8-10-22(2)27(21)30-28(34)29(3,4)32-15-13-31(14-16-32)18-25(33)24(26-19-35-20-36-26)17-23-11-6-5-7-12-23/h5-12,19,24-25,33H,13-18,20H2,1-4H3,(H,30,34). The number of nitrogens with zero attached hydrogens (tertiary/aromatic N) is 2. The van der Waals surface area contributed by atoms with Gasteiger partial charge in [-0.25, -0.2) is 0 Å². The van der Waals surface area contributed by atoms with E-state index >= 15 is 0 Å². The van der Waals surface area contributed by atoms with Gasteiger partial charge in [0.25, 0.3) is 0 Å². The molecule has 2 atom stereocenters. The molecule has 0 bridgehead atoms. The third-order valence-electron chi connectivity index (χ3n) is 7.50. The second-order valence-corrected chi connectivity index (χ2v) is 10.4. The van der Waals surface area contributed by atoms with Crippen molar-refractivity contribution in [2.45, 2.75) is 45.8 Å². The molecule has 0 radical (unpaired) electrons. The molecule has 0 spiro atoms. The number of nitrogens with one attached hydrogen (secondary N) is 1. The van der Waals surface area contributed by atoms with E-state index in [2.05, 4.69) is 27.2 Å². The lowest BCUT2D eigenvalue weighted by molar-refractivity contribution is -0.127. The van der Waals surface area contributed by atoms with Crippen LogP contribution in [-0.4, -0.2) is 72.0 Å². The molecule has 2 aromatic carbocycles. The molecule has 2 unspecified atom stereocenters. The monoisotopic (exact) mass is 493 g/mol. The number of aliphatic hydroxyl groups is 1. The largest absolute Gasteiger partial charge is 0.462 e. The summed E-state index contributed by atoms with van der Waals surface area (Å²) >= 11 is 0. The molecule has 1 amide bonds. The number of aliphatic hydroxyl groups excluding tert-OH is 1. The summed E-state index contributed by atoms with van der Waals surface area (Å²) in [7, 11) is 0. The van der Waals surface area contributed by atoms with Crippen molar-refractivity contribution in [2.24, 2.45) is 5.92 Å². The molecule has 4 rings (SSSR count). The normalized spacial score (nSPS) is 18.6. The zero-order chi connectivity index (χ0) is 25.7. The fourth-order valence-corrected chi connectivity index (χ4v) is 5.04. The first-order valence-corrected chi connectivity index (χ1v) is 12.8. The van der Waals surface area contributed by atoms with Gasteiger partial charge in [0.05, 0.1) is 17.6 Å². The van der Waals surface area contributed by atoms with Gasteiger partial charge < -0.3 is 19.9 Å². The summed E-state index contributed by atoms with van der Waals surface area (Å²) in [6.45, 7) is 11.8. The number of piperazine rings is 1. The highest BCUT2D eigenvalue weighted by atomic mass is 16.7. The molecule has 194 valence electrons. The molecule has 2 heterocycles. The van der Waals surface area contributed by atoms with Gasteiger partial charge >= 0.3 is 0 Å². The van der Waals surface area contributed by atoms with Crippen LogP contribution in [0.1, 0.15) is 30.5 Å². The van der Waals surface area contributed by atoms with Gasteiger partial charge in [0, 0.05) is 38.4 Å². The van der Waals surface area contributed by atoms with Crippen LogP contribution in [0.15, 0.2) is 60.6 Å². The van der Waals surface area contributed by atoms with Gasteiger partial charge in [-0.15, -0.1) is 0 Å². The van der Waals surface area contributed by atoms with Crippen LogP contribution in [0.2, 0.25) is 0 Å². The molecule has 36 heavy (non-hydrogen) atoms. The summed E-state index contributed by atoms with van der Waals surface area (Å²) < 4.78 is 11.0. The average molecular weight is 494 g/mol. The SMILES string of the molecule is Cc1cccc(C)c1NC(=O)C(C)(C)N1CCN(CC(O)C(Cc2ccccc2)C2=COCO2)CC1. The van der Waals surface area contributed by atoms with E-state index in [0.29, 0.717) is 18.7 Å². The second-order valence-electron chi connectivity index (χ2n) is 10.4. The molecule has 0 aromatic heterocycles. The number of anilines is 1. The van der Waals surface area contributed by atoms with Gasteiger partial charge in [-0.3, -0.25) is 14.6 Å². The molecule has 2 aromatic rings. The van der Waals surface area contributed by atoms with E-state index in [1.807, 2.05) is 64.1 Å². The zero-order valence-corrected chi connectivity index (χ0v) is 21.9. The van der Waals surface area contributed by atoms with Crippen LogP contribution in [0.4, 0.5) is 5.69 Å². The topological polar surface area (TPSA) is 74.3 Å². The van der Waals surface area contributed by atoms with Crippen LogP contribution >= 0.6 is 0 Å². The summed E-state index contributed by atoms with van der Waals surface area (Å²) in [5, 5.41) is 14.4. The Morgan fingerprint density at radius 2 is 1.69 bits per heavy atom. The van der Waals surface area contributed by atoms with E-state index in [0.717, 1.165) is 48.6 Å². The van der Waals surface area contributed by atoms with Crippen molar-refractivity contribution in [3.05, 3.63) is 77.2 Å². The number of aryl methyl sites for hydroxylation is 2. The lowest BCUT2D eigenvalue weighted by atomic mass is 9.91. The maximum atomic E-state index is 13.3. The molecule has 2 aliphatic heterocycles. The summed E-state index contributed by atoms with van der Waals surface area (Å²) in [4.78, 5) is 17.8. The van der Waals surface area contributed by atoms with E-state index in [1.54, 1.807) is 6.26 Å². The van der Waals surface area contributed by atoms with Gasteiger partial charge in [0.15, 0.2) is 0 Å². The van der Waals surface area contributed by atoms with Crippen LogP contribution in [0.5, 0.6) is 0 Å². The van der Waals surface area contributed by atoms with Crippen LogP contribution in [0.3, 0.4) is 0 Å². The maximum absolute atomic E-state index is 13.3. The summed E-state index contributed by atoms with van der Waals surface area (Å²) in [6.07, 6.45) is 1.72. The van der Waals surface area contributed by atoms with Crippen molar-refractivity contribution in [1.29, 1.82) is 0 Å². The van der Waals surface area contributed by atoms with Crippen LogP contribution in [-0.2, 0) is 20.7 Å². The number of carbonyl (C=O) groups is 1. The Bertz CT molecular complexity index is 1040. The first-order valence-electron chi connectivity index (χ1n) is 12.8. The highest BCUT2D eigenvalue weighted by Crippen LogP contribution is 2.27. The summed E-state index contributed by atoms with van der Waals surface area (Å²) in [5.41, 5.74) is 3.54. The Balaban J connectivity index is 1.34. The first-order chi connectivity index (χ1) is 17.3. The van der Waals surface area contributed by atoms with Crippen molar-refractivity contribution >= 4 is 11.6 Å². The molecular weight excluding hydrogens is 454 g/mol. The Morgan fingerprint density at radius 3 is 2.31 bits per heavy atom. The van der Waals surface area contributed by atoms with Gasteiger partial charge in [-0.1, -0.05) is 48.5 Å². The number of benzene rings is 2. The maximum Gasteiger partial charge on any atom is 0.244 e. The molecular formula is C29H39N3O4. The molecule has 2 aliphatic rings. The molecule has 2 N–H and O–H groups in total. The van der Waals surface area contributed by atoms with Crippen molar-refractivity contribution < 1.29 is 19.4 Å². The predicted octanol–water partition coefficient (Wildman–Crippen LogP) is 3.70. The molecule has 7 heteroatoms. The minimum atomic E-state index is -0.644. The van der Waals surface area contributed by atoms with Gasteiger partial charge in [0.1, 0.15) is 12.0 Å². The molecule has 1 fully saturated rings. The predicted molar refractivity (Wildman–Crippen MR) is 141 cm³/mol. The third-order valence-corrected chi connectivity index (χ3v) is 7.50. The van der Waals surface area contributed by atoms with Crippen molar-refractivity contribution in [1.82, 2.24) is 9.80 Å². The Labute approximate surface area is 214 Å². The van der Waals surface area contributed by atoms with Crippen LogP contribution < -0.4 is 5.32 Å². The van der Waals surface area contributed by atoms with Gasteiger partial charge in [0.2, 0.25) is 12.7 Å². The van der Waals surface area contributed by atoms with E-state index < -0.39 is 11.6 Å². The van der Waals surface area contributed by atoms with Crippen molar-refractivity contribution in [3.8, 4) is 0 Å². The van der Waals surface area contributed by atoms with Crippen LogP contribution in [0.25, 0.3) is 0 Å². The fourth-order valence-electron chi connectivity index (χ4n) is 5.04. The highest BCUT2D eigenvalue weighted by Gasteiger charge is 2.38. The average Bonchev–Trinajstić information content (AvgIpc) is 3.40. The Kier molecular flexibility index (Phi) is 8.34. The van der Waals surface area contributed by atoms with E-state index in [1.165, 1.54) is 0 Å². The highest BCUT2D eigenvalue weighted by molar-refractivity contribution is 5.98. The number of carbonyl (C=O) groups excluding carboxylic acids is 1. The van der Waals surface area contributed by atoms with E-state index in [9.17, 15) is 9.90 Å². The lowest BCUT2D eigenvalue weighted by Crippen LogP contribution is -2.60. The number of hydrogen-bond donors (Lipinski definition) is 2. The smallest absolute Gasteiger partial charge is 0.244 e. The molecule has 7 nitrogen and oxygen atoms in total. The number of hydrogen-bond acceptors (Lipinski definition) is 6. The number of rotatable bonds is 9. The summed E-state index contributed by atoms with van der Waals surface area (Å²) in [6, 6.07) is 16.2. The van der Waals surface area contributed by atoms with Crippen molar-refractivity contribution in [2.75, 3.05) is 44.8 Å². The zero-order valence-electron chi connectivity index (χ0n) is 21.9. The fraction of sp³-hybridized carbons (Fsp3) is 0.483.